The van der Waals surface area contributed by atoms with Crippen LogP contribution in [0.3, 0.4) is 0 Å². The fraction of sp³-hybridized carbons (Fsp3) is 0.471. The first-order valence-corrected chi connectivity index (χ1v) is 7.98. The number of carbonyl (C=O) groups is 3. The van der Waals surface area contributed by atoms with Crippen LogP contribution in [-0.2, 0) is 14.4 Å². The minimum absolute atomic E-state index is 0.100. The number of hydrogen-bond acceptors (Lipinski definition) is 5. The van der Waals surface area contributed by atoms with Gasteiger partial charge in [0, 0.05) is 5.92 Å². The van der Waals surface area contributed by atoms with Crippen molar-refractivity contribution >= 4 is 17.8 Å². The van der Waals surface area contributed by atoms with Gasteiger partial charge in [-0.05, 0) is 25.0 Å². The van der Waals surface area contributed by atoms with Crippen molar-refractivity contribution in [3.05, 3.63) is 35.4 Å². The zero-order chi connectivity index (χ0) is 16.0. The summed E-state index contributed by atoms with van der Waals surface area (Å²) in [4.78, 5) is 42.1. The molecule has 2 fully saturated rings. The predicted octanol–water partition coefficient (Wildman–Crippen LogP) is 1.95. The summed E-state index contributed by atoms with van der Waals surface area (Å²) in [5.74, 6) is -1.99. The summed E-state index contributed by atoms with van der Waals surface area (Å²) >= 11 is 0. The van der Waals surface area contributed by atoms with Crippen molar-refractivity contribution in [1.29, 1.82) is 0 Å². The molecule has 120 valence electrons. The molecule has 4 rings (SSSR count). The number of carbonyl (C=O) groups excluding carboxylic acids is 3. The Bertz CT molecular complexity index is 650. The lowest BCUT2D eigenvalue weighted by atomic mass is 9.80. The summed E-state index contributed by atoms with van der Waals surface area (Å²) in [7, 11) is 0. The van der Waals surface area contributed by atoms with E-state index in [1.807, 2.05) is 0 Å². The topological polar surface area (TPSA) is 72.9 Å². The summed E-state index contributed by atoms with van der Waals surface area (Å²) in [5, 5.41) is 0.586. The zero-order valence-corrected chi connectivity index (χ0v) is 12.6. The van der Waals surface area contributed by atoms with Gasteiger partial charge in [0.1, 0.15) is 0 Å². The normalized spacial score (nSPS) is 29.4. The molecule has 1 aromatic carbocycles. The molecule has 1 saturated carbocycles. The number of rotatable bonds is 2. The average molecular weight is 315 g/mol. The van der Waals surface area contributed by atoms with Crippen molar-refractivity contribution in [2.75, 3.05) is 6.61 Å². The van der Waals surface area contributed by atoms with E-state index in [1.165, 1.54) is 0 Å². The van der Waals surface area contributed by atoms with Gasteiger partial charge in [-0.1, -0.05) is 30.0 Å². The van der Waals surface area contributed by atoms with Crippen LogP contribution in [0.2, 0.25) is 0 Å². The van der Waals surface area contributed by atoms with Gasteiger partial charge in [-0.15, -0.1) is 0 Å². The lowest BCUT2D eigenvalue weighted by Crippen LogP contribution is -2.38. The quantitative estimate of drug-likeness (QED) is 0.780. The third-order valence-corrected chi connectivity index (χ3v) is 5.00. The molecule has 0 bridgehead atoms. The number of hydrogen-bond donors (Lipinski definition) is 0. The van der Waals surface area contributed by atoms with E-state index in [1.54, 1.807) is 24.3 Å². The Morgan fingerprint density at radius 2 is 1.74 bits per heavy atom. The van der Waals surface area contributed by atoms with Crippen LogP contribution in [0.5, 0.6) is 0 Å². The molecule has 3 atom stereocenters. The average Bonchev–Trinajstić information content (AvgIpc) is 3.11. The van der Waals surface area contributed by atoms with Crippen LogP contribution in [0.4, 0.5) is 0 Å². The van der Waals surface area contributed by atoms with Gasteiger partial charge in [-0.3, -0.25) is 9.59 Å². The second-order valence-corrected chi connectivity index (χ2v) is 6.29. The van der Waals surface area contributed by atoms with Gasteiger partial charge in [0.05, 0.1) is 29.8 Å². The Morgan fingerprint density at radius 3 is 2.43 bits per heavy atom. The molecule has 23 heavy (non-hydrogen) atoms. The molecule has 2 amide bonds. The lowest BCUT2D eigenvalue weighted by Gasteiger charge is -2.26. The number of hydroxylamine groups is 2. The third-order valence-electron chi connectivity index (χ3n) is 5.00. The van der Waals surface area contributed by atoms with E-state index in [0.29, 0.717) is 11.7 Å². The fourth-order valence-electron chi connectivity index (χ4n) is 3.79. The first kappa shape index (κ1) is 14.4. The molecule has 3 aliphatic rings. The smallest absolute Gasteiger partial charge is 0.338 e. The van der Waals surface area contributed by atoms with Crippen LogP contribution in [-0.4, -0.2) is 35.6 Å². The molecular weight excluding hydrogens is 298 g/mol. The van der Waals surface area contributed by atoms with E-state index >= 15 is 0 Å². The van der Waals surface area contributed by atoms with Gasteiger partial charge in [0.2, 0.25) is 0 Å². The monoisotopic (exact) mass is 315 g/mol. The van der Waals surface area contributed by atoms with Gasteiger partial charge >= 0.3 is 5.97 Å². The second kappa shape index (κ2) is 5.45. The third kappa shape index (κ3) is 2.25. The molecule has 1 saturated heterocycles. The molecule has 2 aliphatic heterocycles. The van der Waals surface area contributed by atoms with Crippen LogP contribution in [0, 0.1) is 11.8 Å². The van der Waals surface area contributed by atoms with Crippen molar-refractivity contribution in [2.45, 2.75) is 31.8 Å². The molecule has 0 unspecified atom stereocenters. The summed E-state index contributed by atoms with van der Waals surface area (Å²) in [6.07, 6.45) is 4.17. The molecule has 0 spiro atoms. The summed E-state index contributed by atoms with van der Waals surface area (Å²) < 4.78 is 5.68. The van der Waals surface area contributed by atoms with Crippen molar-refractivity contribution < 1.29 is 24.0 Å². The Labute approximate surface area is 133 Å². The number of benzene rings is 1. The SMILES string of the molecule is O=C(ON1C(=O)c2ccccc2C1=O)[C@@H]1CO[C@@H]2CCCC[C@@H]21. The standard InChI is InChI=1S/C17H17NO5/c19-15-11-6-1-2-7-12(11)16(20)18(15)23-17(21)13-9-22-14-8-4-3-5-10(13)14/h1-2,6-7,10,13-14H,3-5,8-9H2/t10-,13-,14-/m1/s1. The van der Waals surface area contributed by atoms with Crippen molar-refractivity contribution in [1.82, 2.24) is 5.06 Å². The van der Waals surface area contributed by atoms with Gasteiger partial charge < -0.3 is 9.57 Å². The first-order chi connectivity index (χ1) is 11.2. The maximum absolute atomic E-state index is 12.5. The number of imide groups is 1. The first-order valence-electron chi connectivity index (χ1n) is 7.98. The highest BCUT2D eigenvalue weighted by Gasteiger charge is 2.46. The van der Waals surface area contributed by atoms with Gasteiger partial charge in [-0.25, -0.2) is 4.79 Å². The van der Waals surface area contributed by atoms with E-state index in [0.717, 1.165) is 25.7 Å². The van der Waals surface area contributed by atoms with Gasteiger partial charge in [0.25, 0.3) is 11.8 Å². The Kier molecular flexibility index (Phi) is 3.41. The Balaban J connectivity index is 1.50. The predicted molar refractivity (Wildman–Crippen MR) is 78.2 cm³/mol. The molecular formula is C17H17NO5. The summed E-state index contributed by atoms with van der Waals surface area (Å²) in [6.45, 7) is 0.303. The molecule has 6 heteroatoms. The highest BCUT2D eigenvalue weighted by atomic mass is 16.7. The number of nitrogens with zero attached hydrogens (tertiary/aromatic N) is 1. The Morgan fingerprint density at radius 1 is 1.09 bits per heavy atom. The lowest BCUT2D eigenvalue weighted by molar-refractivity contribution is -0.175. The van der Waals surface area contributed by atoms with Crippen LogP contribution in [0.1, 0.15) is 46.4 Å². The molecule has 0 aromatic heterocycles. The summed E-state index contributed by atoms with van der Waals surface area (Å²) in [6, 6.07) is 6.46. The maximum Gasteiger partial charge on any atom is 0.338 e. The van der Waals surface area contributed by atoms with Crippen LogP contribution >= 0.6 is 0 Å². The Hall–Kier alpha value is -2.21. The number of amides is 2. The minimum Gasteiger partial charge on any atom is -0.377 e. The fourth-order valence-corrected chi connectivity index (χ4v) is 3.79. The zero-order valence-electron chi connectivity index (χ0n) is 12.6. The van der Waals surface area contributed by atoms with Crippen LogP contribution in [0.25, 0.3) is 0 Å². The van der Waals surface area contributed by atoms with E-state index in [9.17, 15) is 14.4 Å². The maximum atomic E-state index is 12.5. The summed E-state index contributed by atoms with van der Waals surface area (Å²) in [5.41, 5.74) is 0.534. The number of fused-ring (bicyclic) bond motifs is 2. The molecule has 2 heterocycles. The van der Waals surface area contributed by atoms with E-state index < -0.39 is 23.7 Å². The van der Waals surface area contributed by atoms with E-state index in [-0.39, 0.29) is 23.1 Å². The minimum atomic E-state index is -0.585. The van der Waals surface area contributed by atoms with E-state index in [4.69, 9.17) is 9.57 Å². The van der Waals surface area contributed by atoms with Crippen molar-refractivity contribution in [2.24, 2.45) is 11.8 Å². The van der Waals surface area contributed by atoms with Crippen molar-refractivity contribution in [3.63, 3.8) is 0 Å². The molecule has 0 N–H and O–H groups in total. The van der Waals surface area contributed by atoms with Crippen LogP contribution < -0.4 is 0 Å². The number of ether oxygens (including phenoxy) is 1. The highest BCUT2D eigenvalue weighted by Crippen LogP contribution is 2.39. The molecule has 1 aromatic rings. The van der Waals surface area contributed by atoms with Crippen LogP contribution in [0.15, 0.2) is 24.3 Å². The largest absolute Gasteiger partial charge is 0.377 e. The molecule has 0 radical (unpaired) electrons. The molecule has 6 nitrogen and oxygen atoms in total. The van der Waals surface area contributed by atoms with Gasteiger partial charge in [0.15, 0.2) is 0 Å². The molecule has 1 aliphatic carbocycles. The van der Waals surface area contributed by atoms with E-state index in [2.05, 4.69) is 0 Å². The van der Waals surface area contributed by atoms with Gasteiger partial charge in [-0.2, -0.15) is 0 Å². The second-order valence-electron chi connectivity index (χ2n) is 6.29. The van der Waals surface area contributed by atoms with Crippen molar-refractivity contribution in [3.8, 4) is 0 Å². The highest BCUT2D eigenvalue weighted by molar-refractivity contribution is 6.20.